The summed E-state index contributed by atoms with van der Waals surface area (Å²) in [5.41, 5.74) is 1.52. The molecule has 108 valence electrons. The Morgan fingerprint density at radius 3 is 3.05 bits per heavy atom. The van der Waals surface area contributed by atoms with Gasteiger partial charge in [-0.3, -0.25) is 0 Å². The van der Waals surface area contributed by atoms with Gasteiger partial charge < -0.3 is 9.30 Å². The van der Waals surface area contributed by atoms with Crippen molar-refractivity contribution in [2.45, 2.75) is 37.8 Å². The summed E-state index contributed by atoms with van der Waals surface area (Å²) in [6.07, 6.45) is 2.26. The fourth-order valence-corrected chi connectivity index (χ4v) is 3.12. The van der Waals surface area contributed by atoms with Gasteiger partial charge in [-0.15, -0.1) is 11.6 Å². The Morgan fingerprint density at radius 2 is 2.40 bits per heavy atom. The zero-order chi connectivity index (χ0) is 14.3. The monoisotopic (exact) mass is 360 g/mol. The van der Waals surface area contributed by atoms with Crippen LogP contribution in [0.2, 0.25) is 0 Å². The quantitative estimate of drug-likeness (QED) is 0.757. The fourth-order valence-electron chi connectivity index (χ4n) is 2.63. The van der Waals surface area contributed by atoms with Crippen LogP contribution in [-0.2, 0) is 11.3 Å². The molecule has 1 aliphatic rings. The number of benzene rings is 1. The fraction of sp³-hybridized carbons (Fsp3) is 0.500. The van der Waals surface area contributed by atoms with Gasteiger partial charge in [0.15, 0.2) is 0 Å². The largest absolute Gasteiger partial charge is 0.376 e. The average Bonchev–Trinajstić information content (AvgIpc) is 3.00. The normalized spacial score (nSPS) is 20.7. The molecule has 2 atom stereocenters. The lowest BCUT2D eigenvalue weighted by atomic mass is 10.2. The standard InChI is InChI=1S/C14H15BrClFN2O/c1-8(16)14-18-12-5-10(15)11(17)6-13(12)19(14)7-9-3-2-4-20-9/h5-6,8-9H,2-4,7H2,1H3. The highest BCUT2D eigenvalue weighted by molar-refractivity contribution is 9.10. The Hall–Kier alpha value is -0.650. The molecule has 3 nitrogen and oxygen atoms in total. The Kier molecular flexibility index (Phi) is 4.02. The summed E-state index contributed by atoms with van der Waals surface area (Å²) >= 11 is 9.41. The predicted molar refractivity (Wildman–Crippen MR) is 80.6 cm³/mol. The number of alkyl halides is 1. The molecule has 0 amide bonds. The van der Waals surface area contributed by atoms with Crippen molar-refractivity contribution < 1.29 is 9.13 Å². The van der Waals surface area contributed by atoms with E-state index in [4.69, 9.17) is 16.3 Å². The van der Waals surface area contributed by atoms with E-state index in [0.717, 1.165) is 36.3 Å². The second kappa shape index (κ2) is 5.62. The molecule has 1 aliphatic heterocycles. The van der Waals surface area contributed by atoms with Gasteiger partial charge in [-0.2, -0.15) is 0 Å². The molecule has 0 radical (unpaired) electrons. The topological polar surface area (TPSA) is 27.1 Å². The van der Waals surface area contributed by atoms with Crippen LogP contribution in [-0.4, -0.2) is 22.3 Å². The molecule has 2 heterocycles. The minimum absolute atomic E-state index is 0.160. The van der Waals surface area contributed by atoms with E-state index in [2.05, 4.69) is 20.9 Å². The van der Waals surface area contributed by atoms with Crippen molar-refractivity contribution in [3.63, 3.8) is 0 Å². The number of hydrogen-bond donors (Lipinski definition) is 0. The summed E-state index contributed by atoms with van der Waals surface area (Å²) in [4.78, 5) is 4.53. The van der Waals surface area contributed by atoms with E-state index in [1.807, 2.05) is 11.5 Å². The first-order valence-corrected chi connectivity index (χ1v) is 7.90. The van der Waals surface area contributed by atoms with Gasteiger partial charge in [0.2, 0.25) is 0 Å². The van der Waals surface area contributed by atoms with Crippen LogP contribution in [0.25, 0.3) is 11.0 Å². The number of fused-ring (bicyclic) bond motifs is 1. The summed E-state index contributed by atoms with van der Waals surface area (Å²) in [5, 5.41) is -0.231. The SMILES string of the molecule is CC(Cl)c1nc2cc(Br)c(F)cc2n1CC1CCCO1. The predicted octanol–water partition coefficient (Wildman–Crippen LogP) is 4.42. The van der Waals surface area contributed by atoms with Crippen LogP contribution < -0.4 is 0 Å². The van der Waals surface area contributed by atoms with E-state index in [9.17, 15) is 4.39 Å². The van der Waals surface area contributed by atoms with Gasteiger partial charge in [0.1, 0.15) is 11.6 Å². The van der Waals surface area contributed by atoms with Crippen LogP contribution in [0.1, 0.15) is 31.0 Å². The second-order valence-electron chi connectivity index (χ2n) is 5.09. The van der Waals surface area contributed by atoms with Gasteiger partial charge >= 0.3 is 0 Å². The maximum Gasteiger partial charge on any atom is 0.139 e. The molecule has 6 heteroatoms. The Bertz CT molecular complexity index is 638. The summed E-state index contributed by atoms with van der Waals surface area (Å²) in [7, 11) is 0. The van der Waals surface area contributed by atoms with Crippen LogP contribution in [0.3, 0.4) is 0 Å². The van der Waals surface area contributed by atoms with Gasteiger partial charge in [0.05, 0.1) is 33.5 Å². The minimum atomic E-state index is -0.292. The summed E-state index contributed by atoms with van der Waals surface area (Å²) < 4.78 is 21.9. The summed E-state index contributed by atoms with van der Waals surface area (Å²) in [5.74, 6) is 0.467. The molecule has 20 heavy (non-hydrogen) atoms. The first kappa shape index (κ1) is 14.3. The Balaban J connectivity index is 2.10. The average molecular weight is 362 g/mol. The van der Waals surface area contributed by atoms with E-state index < -0.39 is 0 Å². The number of imidazole rings is 1. The van der Waals surface area contributed by atoms with Gasteiger partial charge in [-0.25, -0.2) is 9.37 Å². The number of halogens is 3. The van der Waals surface area contributed by atoms with Crippen LogP contribution in [0.15, 0.2) is 16.6 Å². The smallest absolute Gasteiger partial charge is 0.139 e. The Labute approximate surface area is 130 Å². The molecule has 1 aromatic heterocycles. The van der Waals surface area contributed by atoms with Crippen molar-refractivity contribution in [1.29, 1.82) is 0 Å². The van der Waals surface area contributed by atoms with Gasteiger partial charge in [0.25, 0.3) is 0 Å². The number of aromatic nitrogens is 2. The molecule has 0 N–H and O–H groups in total. The molecular weight excluding hydrogens is 347 g/mol. The molecular formula is C14H15BrClFN2O. The number of hydrogen-bond acceptors (Lipinski definition) is 2. The van der Waals surface area contributed by atoms with Crippen molar-refractivity contribution in [2.75, 3.05) is 6.61 Å². The molecule has 0 bridgehead atoms. The zero-order valence-electron chi connectivity index (χ0n) is 11.1. The molecule has 1 fully saturated rings. The molecule has 0 saturated carbocycles. The third-order valence-electron chi connectivity index (χ3n) is 3.59. The maximum absolute atomic E-state index is 13.8. The highest BCUT2D eigenvalue weighted by Crippen LogP contribution is 2.29. The second-order valence-corrected chi connectivity index (χ2v) is 6.60. The zero-order valence-corrected chi connectivity index (χ0v) is 13.4. The first-order chi connectivity index (χ1) is 9.56. The van der Waals surface area contributed by atoms with Crippen LogP contribution in [0, 0.1) is 5.82 Å². The van der Waals surface area contributed by atoms with Crippen molar-refractivity contribution in [2.24, 2.45) is 0 Å². The van der Waals surface area contributed by atoms with E-state index in [1.54, 1.807) is 6.07 Å². The van der Waals surface area contributed by atoms with Gasteiger partial charge in [-0.1, -0.05) is 0 Å². The first-order valence-electron chi connectivity index (χ1n) is 6.67. The lowest BCUT2D eigenvalue weighted by molar-refractivity contribution is 0.0972. The summed E-state index contributed by atoms with van der Waals surface area (Å²) in [6, 6.07) is 3.20. The lowest BCUT2D eigenvalue weighted by Crippen LogP contribution is -2.17. The molecule has 0 spiro atoms. The summed E-state index contributed by atoms with van der Waals surface area (Å²) in [6.45, 7) is 3.34. The van der Waals surface area contributed by atoms with Gasteiger partial charge in [0, 0.05) is 12.7 Å². The van der Waals surface area contributed by atoms with Crippen molar-refractivity contribution in [3.05, 3.63) is 28.2 Å². The van der Waals surface area contributed by atoms with Crippen LogP contribution in [0.4, 0.5) is 4.39 Å². The molecule has 1 saturated heterocycles. The van der Waals surface area contributed by atoms with E-state index in [-0.39, 0.29) is 17.3 Å². The van der Waals surface area contributed by atoms with Crippen molar-refractivity contribution in [3.8, 4) is 0 Å². The maximum atomic E-state index is 13.8. The third kappa shape index (κ3) is 2.59. The molecule has 2 aromatic rings. The Morgan fingerprint density at radius 1 is 1.60 bits per heavy atom. The minimum Gasteiger partial charge on any atom is -0.376 e. The van der Waals surface area contributed by atoms with Crippen LogP contribution in [0.5, 0.6) is 0 Å². The lowest BCUT2D eigenvalue weighted by Gasteiger charge is -2.15. The van der Waals surface area contributed by atoms with Crippen LogP contribution >= 0.6 is 27.5 Å². The van der Waals surface area contributed by atoms with E-state index in [0.29, 0.717) is 11.0 Å². The number of ether oxygens (including phenoxy) is 1. The molecule has 1 aromatic carbocycles. The molecule has 2 unspecified atom stereocenters. The number of rotatable bonds is 3. The highest BCUT2D eigenvalue weighted by atomic mass is 79.9. The number of nitrogens with zero attached hydrogens (tertiary/aromatic N) is 2. The van der Waals surface area contributed by atoms with Crippen molar-refractivity contribution in [1.82, 2.24) is 9.55 Å². The van der Waals surface area contributed by atoms with Crippen molar-refractivity contribution >= 4 is 38.6 Å². The third-order valence-corrected chi connectivity index (χ3v) is 4.39. The van der Waals surface area contributed by atoms with E-state index in [1.165, 1.54) is 6.07 Å². The van der Waals surface area contributed by atoms with E-state index >= 15 is 0 Å². The highest BCUT2D eigenvalue weighted by Gasteiger charge is 2.22. The molecule has 0 aliphatic carbocycles. The molecule has 3 rings (SSSR count). The van der Waals surface area contributed by atoms with Gasteiger partial charge in [-0.05, 0) is 41.8 Å².